The first-order chi connectivity index (χ1) is 8.18. The quantitative estimate of drug-likeness (QED) is 0.212. The summed E-state index contributed by atoms with van der Waals surface area (Å²) in [6.45, 7) is 13.7. The molecule has 0 aromatic carbocycles. The maximum absolute atomic E-state index is 5.69. The molecule has 0 fully saturated rings. The smallest absolute Gasteiger partial charge is 0.343 e. The molecule has 0 spiro atoms. The molecule has 0 aliphatic heterocycles. The molecule has 0 nitrogen and oxygen atoms in total. The van der Waals surface area contributed by atoms with Gasteiger partial charge in [0.15, 0.2) is 0 Å². The monoisotopic (exact) mass is 331 g/mol. The largest absolute Gasteiger partial charge is 2.00 e. The fraction of sp³-hybridized carbons (Fsp3) is 0.867. The van der Waals surface area contributed by atoms with Crippen LogP contribution in [0.1, 0.15) is 71.6 Å². The van der Waals surface area contributed by atoms with Crippen molar-refractivity contribution < 1.29 is 18.6 Å². The van der Waals surface area contributed by atoms with Crippen LogP contribution in [0.5, 0.6) is 0 Å². The van der Waals surface area contributed by atoms with E-state index in [9.17, 15) is 0 Å². The molecule has 0 aromatic heterocycles. The van der Waals surface area contributed by atoms with Crippen LogP contribution in [0.25, 0.3) is 0 Å². The van der Waals surface area contributed by atoms with Crippen molar-refractivity contribution in [1.82, 2.24) is 0 Å². The molecule has 0 heterocycles. The molecule has 0 rings (SSSR count). The van der Waals surface area contributed by atoms with Crippen molar-refractivity contribution >= 4 is 20.8 Å². The Bertz CT molecular complexity index is 96.5. The van der Waals surface area contributed by atoms with Gasteiger partial charge in [0, 0.05) is 5.38 Å². The van der Waals surface area contributed by atoms with Gasteiger partial charge in [0.2, 0.25) is 0 Å². The summed E-state index contributed by atoms with van der Waals surface area (Å²) in [7, 11) is 2.42. The molecule has 0 N–H and O–H groups in total. The Labute approximate surface area is 137 Å². The second kappa shape index (κ2) is 31.0. The van der Waals surface area contributed by atoms with E-state index in [1.807, 2.05) is 13.6 Å². The van der Waals surface area contributed by atoms with E-state index in [0.29, 0.717) is 5.38 Å². The van der Waals surface area contributed by atoms with Crippen LogP contribution >= 0.6 is 20.8 Å². The summed E-state index contributed by atoms with van der Waals surface area (Å²) in [6, 6.07) is 0. The molecule has 18 heavy (non-hydrogen) atoms. The summed E-state index contributed by atoms with van der Waals surface area (Å²) < 4.78 is 0. The zero-order chi connectivity index (χ0) is 13.9. The number of hydrogen-bond donors (Lipinski definition) is 0. The third-order valence-corrected chi connectivity index (χ3v) is 2.42. The van der Waals surface area contributed by atoms with Crippen LogP contribution in [0, 0.1) is 13.8 Å². The Hall–Kier alpha value is 1.30. The van der Waals surface area contributed by atoms with Crippen LogP contribution in [0.4, 0.5) is 0 Å². The fourth-order valence-corrected chi connectivity index (χ4v) is 1.36. The van der Waals surface area contributed by atoms with E-state index >= 15 is 0 Å². The first kappa shape index (κ1) is 27.6. The maximum atomic E-state index is 5.69. The molecule has 0 amide bonds. The average molecular weight is 332 g/mol. The Morgan fingerprint density at radius 2 is 1.39 bits per heavy atom. The third kappa shape index (κ3) is 43.3. The molecule has 0 aliphatic rings. The standard InChI is InChI=1S/C7H14Cl.C7H15.CH5P.V/c1-3-4-5-6-7(2)8;1-3-5-7-6-4-2;1-2;/h7H,1,3-6H2,2H3;1,3-7H2,2H3;2H2,1H3;/q2*-1;;+2. The van der Waals surface area contributed by atoms with E-state index in [1.54, 1.807) is 0 Å². The van der Waals surface area contributed by atoms with Crippen molar-refractivity contribution in [3.05, 3.63) is 13.8 Å². The van der Waals surface area contributed by atoms with Crippen molar-refractivity contribution in [1.29, 1.82) is 0 Å². The van der Waals surface area contributed by atoms with Crippen LogP contribution in [-0.2, 0) is 18.6 Å². The van der Waals surface area contributed by atoms with Crippen molar-refractivity contribution in [3.8, 4) is 0 Å². The van der Waals surface area contributed by atoms with Gasteiger partial charge in [-0.15, -0.1) is 20.8 Å². The summed E-state index contributed by atoms with van der Waals surface area (Å²) in [5.74, 6) is 0. The minimum atomic E-state index is 0. The van der Waals surface area contributed by atoms with Gasteiger partial charge in [-0.1, -0.05) is 52.1 Å². The SMILES string of the molecule is CP.[CH2-]CCCCC(C)Cl.[CH2-]CCCCCC.[V+2]. The van der Waals surface area contributed by atoms with Crippen LogP contribution in [0.3, 0.4) is 0 Å². The van der Waals surface area contributed by atoms with Gasteiger partial charge in [0.05, 0.1) is 0 Å². The van der Waals surface area contributed by atoms with Gasteiger partial charge in [-0.05, 0) is 13.3 Å². The fourth-order valence-electron chi connectivity index (χ4n) is 1.21. The van der Waals surface area contributed by atoms with Gasteiger partial charge < -0.3 is 13.8 Å². The summed E-state index contributed by atoms with van der Waals surface area (Å²) in [5.41, 5.74) is 0. The Balaban J connectivity index is -0.0000000916. The molecule has 1 radical (unpaired) electrons. The number of hydrogen-bond acceptors (Lipinski definition) is 0. The number of unbranched alkanes of at least 4 members (excludes halogenated alkanes) is 6. The summed E-state index contributed by atoms with van der Waals surface area (Å²) in [5, 5.41) is 0.349. The van der Waals surface area contributed by atoms with Crippen molar-refractivity contribution in [3.63, 3.8) is 0 Å². The van der Waals surface area contributed by atoms with Crippen LogP contribution < -0.4 is 0 Å². The molecule has 3 heteroatoms. The van der Waals surface area contributed by atoms with Gasteiger partial charge in [0.25, 0.3) is 0 Å². The van der Waals surface area contributed by atoms with Gasteiger partial charge in [-0.25, -0.2) is 0 Å². The molecular weight excluding hydrogens is 298 g/mol. The zero-order valence-corrected chi connectivity index (χ0v) is 16.1. The van der Waals surface area contributed by atoms with Crippen LogP contribution in [0.15, 0.2) is 0 Å². The maximum Gasteiger partial charge on any atom is 2.00 e. The number of alkyl halides is 1. The predicted molar refractivity (Wildman–Crippen MR) is 88.9 cm³/mol. The van der Waals surface area contributed by atoms with Crippen molar-refractivity contribution in [2.45, 2.75) is 77.0 Å². The Morgan fingerprint density at radius 1 is 0.944 bits per heavy atom. The van der Waals surface area contributed by atoms with E-state index in [2.05, 4.69) is 30.0 Å². The summed E-state index contributed by atoms with van der Waals surface area (Å²) in [4.78, 5) is 0. The predicted octanol–water partition coefficient (Wildman–Crippen LogP) is 6.29. The minimum absolute atomic E-state index is 0. The Morgan fingerprint density at radius 3 is 1.72 bits per heavy atom. The van der Waals surface area contributed by atoms with Gasteiger partial charge in [-0.3, -0.25) is 0 Å². The second-order valence-electron chi connectivity index (χ2n) is 4.04. The molecular formula is C15H34ClPV. The van der Waals surface area contributed by atoms with E-state index in [4.69, 9.17) is 11.6 Å². The van der Waals surface area contributed by atoms with E-state index in [1.165, 1.54) is 38.5 Å². The summed E-state index contributed by atoms with van der Waals surface area (Å²) >= 11 is 5.69. The number of halogens is 1. The molecule has 0 saturated heterocycles. The van der Waals surface area contributed by atoms with E-state index in [-0.39, 0.29) is 18.6 Å². The van der Waals surface area contributed by atoms with Gasteiger partial charge in [0.1, 0.15) is 0 Å². The van der Waals surface area contributed by atoms with Gasteiger partial charge >= 0.3 is 18.6 Å². The van der Waals surface area contributed by atoms with Gasteiger partial charge in [-0.2, -0.15) is 12.8 Å². The summed E-state index contributed by atoms with van der Waals surface area (Å²) in [6.07, 6.45) is 11.1. The first-order valence-corrected chi connectivity index (χ1v) is 8.58. The minimum Gasteiger partial charge on any atom is -0.343 e. The van der Waals surface area contributed by atoms with Crippen molar-refractivity contribution in [2.75, 3.05) is 6.66 Å². The van der Waals surface area contributed by atoms with E-state index in [0.717, 1.165) is 19.3 Å². The normalized spacial score (nSPS) is 10.2. The average Bonchev–Trinajstić information content (AvgIpc) is 2.33. The topological polar surface area (TPSA) is 0 Å². The molecule has 2 unspecified atom stereocenters. The molecule has 111 valence electrons. The third-order valence-electron chi connectivity index (χ3n) is 2.21. The molecule has 0 bridgehead atoms. The molecule has 0 saturated carbocycles. The Kier molecular flexibility index (Phi) is 47.5. The zero-order valence-electron chi connectivity index (χ0n) is 12.8. The second-order valence-corrected chi connectivity index (χ2v) is 4.79. The molecule has 2 atom stereocenters. The molecule has 0 aliphatic carbocycles. The molecule has 0 aromatic rings. The van der Waals surface area contributed by atoms with Crippen molar-refractivity contribution in [2.24, 2.45) is 0 Å². The first-order valence-electron chi connectivity index (χ1n) is 6.99. The van der Waals surface area contributed by atoms with Crippen LogP contribution in [0.2, 0.25) is 0 Å². The van der Waals surface area contributed by atoms with Crippen LogP contribution in [-0.4, -0.2) is 12.0 Å². The number of rotatable bonds is 8. The van der Waals surface area contributed by atoms with E-state index < -0.39 is 0 Å².